The van der Waals surface area contributed by atoms with E-state index in [2.05, 4.69) is 4.74 Å². The summed E-state index contributed by atoms with van der Waals surface area (Å²) in [5.41, 5.74) is 0.0996. The summed E-state index contributed by atoms with van der Waals surface area (Å²) in [6.45, 7) is 1.77. The molecule has 0 aliphatic rings. The molecule has 0 saturated heterocycles. The molecule has 0 fully saturated rings. The molecule has 5 heteroatoms. The van der Waals surface area contributed by atoms with Crippen LogP contribution in [0.1, 0.15) is 12.5 Å². The standard InChI is InChI=1S/C13H15NO4/c1-3-18-13(16)12(14)11(15)8-9-4-6-10(17-2)7-5-9/h4-7,14H,3,8H2,1-2H3. The molecule has 0 amide bonds. The van der Waals surface area contributed by atoms with Crippen LogP contribution in [0.4, 0.5) is 0 Å². The van der Waals surface area contributed by atoms with Gasteiger partial charge in [0.15, 0.2) is 11.5 Å². The molecule has 0 spiro atoms. The minimum absolute atomic E-state index is 0.00163. The Morgan fingerprint density at radius 2 is 1.83 bits per heavy atom. The highest BCUT2D eigenvalue weighted by Crippen LogP contribution is 2.12. The lowest BCUT2D eigenvalue weighted by atomic mass is 10.1. The summed E-state index contributed by atoms with van der Waals surface area (Å²) in [5, 5.41) is 7.38. The Balaban J connectivity index is 2.63. The molecule has 0 bridgehead atoms. The van der Waals surface area contributed by atoms with Gasteiger partial charge in [0.1, 0.15) is 5.75 Å². The number of esters is 1. The molecule has 0 atom stereocenters. The molecule has 0 aliphatic carbocycles. The highest BCUT2D eigenvalue weighted by atomic mass is 16.5. The summed E-state index contributed by atoms with van der Waals surface area (Å²) in [6.07, 6.45) is 0.00163. The highest BCUT2D eigenvalue weighted by Gasteiger charge is 2.19. The van der Waals surface area contributed by atoms with Crippen LogP contribution in [0.2, 0.25) is 0 Å². The second-order valence-corrected chi connectivity index (χ2v) is 3.54. The second kappa shape index (κ2) is 6.54. The van der Waals surface area contributed by atoms with Gasteiger partial charge in [0.05, 0.1) is 13.7 Å². The molecule has 0 saturated carbocycles. The fraction of sp³-hybridized carbons (Fsp3) is 0.308. The van der Waals surface area contributed by atoms with Gasteiger partial charge in [-0.25, -0.2) is 4.79 Å². The second-order valence-electron chi connectivity index (χ2n) is 3.54. The molecule has 0 aromatic heterocycles. The van der Waals surface area contributed by atoms with Crippen LogP contribution in [-0.2, 0) is 20.7 Å². The topological polar surface area (TPSA) is 76.5 Å². The molecule has 1 N–H and O–H groups in total. The van der Waals surface area contributed by atoms with Crippen molar-refractivity contribution in [3.05, 3.63) is 29.8 Å². The first-order chi connectivity index (χ1) is 8.58. The van der Waals surface area contributed by atoms with Gasteiger partial charge in [-0.1, -0.05) is 12.1 Å². The Kier molecular flexibility index (Phi) is 5.05. The SMILES string of the molecule is CCOC(=O)C(=N)C(=O)Cc1ccc(OC)cc1. The average Bonchev–Trinajstić information content (AvgIpc) is 2.39. The minimum atomic E-state index is -0.879. The maximum Gasteiger partial charge on any atom is 0.359 e. The lowest BCUT2D eigenvalue weighted by molar-refractivity contribution is -0.135. The zero-order valence-corrected chi connectivity index (χ0v) is 10.4. The van der Waals surface area contributed by atoms with Crippen LogP contribution in [0, 0.1) is 5.41 Å². The van der Waals surface area contributed by atoms with E-state index in [1.165, 1.54) is 0 Å². The van der Waals surface area contributed by atoms with Gasteiger partial charge in [0.25, 0.3) is 0 Å². The predicted octanol–water partition coefficient (Wildman–Crippen LogP) is 1.39. The Labute approximate surface area is 105 Å². The highest BCUT2D eigenvalue weighted by molar-refractivity contribution is 6.63. The van der Waals surface area contributed by atoms with Crippen molar-refractivity contribution >= 4 is 17.5 Å². The zero-order valence-electron chi connectivity index (χ0n) is 10.4. The molecule has 0 unspecified atom stereocenters. The van der Waals surface area contributed by atoms with Gasteiger partial charge in [-0.05, 0) is 24.6 Å². The van der Waals surface area contributed by atoms with E-state index in [4.69, 9.17) is 10.1 Å². The third kappa shape index (κ3) is 3.69. The van der Waals surface area contributed by atoms with E-state index in [0.717, 1.165) is 5.56 Å². The van der Waals surface area contributed by atoms with E-state index >= 15 is 0 Å². The maximum atomic E-state index is 11.6. The fourth-order valence-electron chi connectivity index (χ4n) is 1.33. The van der Waals surface area contributed by atoms with Crippen LogP contribution in [0.25, 0.3) is 0 Å². The summed E-state index contributed by atoms with van der Waals surface area (Å²) in [4.78, 5) is 22.8. The monoisotopic (exact) mass is 249 g/mol. The minimum Gasteiger partial charge on any atom is -0.497 e. The fourth-order valence-corrected chi connectivity index (χ4v) is 1.33. The maximum absolute atomic E-state index is 11.6. The average molecular weight is 249 g/mol. The van der Waals surface area contributed by atoms with Gasteiger partial charge in [-0.2, -0.15) is 0 Å². The molecule has 1 rings (SSSR count). The number of carbonyl (C=O) groups is 2. The number of ketones is 1. The number of hydrogen-bond acceptors (Lipinski definition) is 5. The quantitative estimate of drug-likeness (QED) is 0.469. The molecule has 1 aromatic carbocycles. The van der Waals surface area contributed by atoms with E-state index < -0.39 is 17.5 Å². The molecule has 0 heterocycles. The smallest absolute Gasteiger partial charge is 0.359 e. The van der Waals surface area contributed by atoms with E-state index in [1.807, 2.05) is 0 Å². The van der Waals surface area contributed by atoms with E-state index in [0.29, 0.717) is 5.75 Å². The first kappa shape index (κ1) is 13.9. The Morgan fingerprint density at radius 1 is 1.22 bits per heavy atom. The molecule has 0 aliphatic heterocycles. The molecular weight excluding hydrogens is 234 g/mol. The predicted molar refractivity (Wildman–Crippen MR) is 66.1 cm³/mol. The van der Waals surface area contributed by atoms with Crippen molar-refractivity contribution in [1.82, 2.24) is 0 Å². The summed E-state index contributed by atoms with van der Waals surface area (Å²) < 4.78 is 9.59. The number of nitrogens with one attached hydrogen (secondary N) is 1. The number of ether oxygens (including phenoxy) is 2. The van der Waals surface area contributed by atoms with Crippen molar-refractivity contribution in [2.24, 2.45) is 0 Å². The van der Waals surface area contributed by atoms with Crippen molar-refractivity contribution in [2.45, 2.75) is 13.3 Å². The first-order valence-electron chi connectivity index (χ1n) is 5.50. The number of rotatable bonds is 6. The third-order valence-electron chi connectivity index (χ3n) is 2.28. The van der Waals surface area contributed by atoms with Crippen LogP contribution >= 0.6 is 0 Å². The molecule has 5 nitrogen and oxygen atoms in total. The molecule has 96 valence electrons. The summed E-state index contributed by atoms with van der Waals surface area (Å²) in [5.74, 6) is -0.749. The van der Waals surface area contributed by atoms with Crippen LogP contribution in [0.15, 0.2) is 24.3 Å². The zero-order chi connectivity index (χ0) is 13.5. The number of Topliss-reactive ketones (excluding diaryl/α,β-unsaturated/α-hetero) is 1. The van der Waals surface area contributed by atoms with E-state index in [9.17, 15) is 9.59 Å². The lowest BCUT2D eigenvalue weighted by Crippen LogP contribution is -2.26. The number of benzene rings is 1. The van der Waals surface area contributed by atoms with Crippen LogP contribution < -0.4 is 4.74 Å². The summed E-state index contributed by atoms with van der Waals surface area (Å²) >= 11 is 0. The van der Waals surface area contributed by atoms with Gasteiger partial charge in [-0.15, -0.1) is 0 Å². The normalized spacial score (nSPS) is 9.67. The number of methoxy groups -OCH3 is 1. The van der Waals surface area contributed by atoms with Crippen molar-refractivity contribution in [3.8, 4) is 5.75 Å². The molecule has 1 aromatic rings. The van der Waals surface area contributed by atoms with Crippen LogP contribution in [-0.4, -0.2) is 31.2 Å². The Hall–Kier alpha value is -2.17. The van der Waals surface area contributed by atoms with Crippen LogP contribution in [0.5, 0.6) is 5.75 Å². The van der Waals surface area contributed by atoms with Gasteiger partial charge in [-0.3, -0.25) is 10.2 Å². The summed E-state index contributed by atoms with van der Waals surface area (Å²) in [6, 6.07) is 6.87. The van der Waals surface area contributed by atoms with Gasteiger partial charge in [0.2, 0.25) is 0 Å². The van der Waals surface area contributed by atoms with Crippen molar-refractivity contribution in [2.75, 3.05) is 13.7 Å². The molecular formula is C13H15NO4. The lowest BCUT2D eigenvalue weighted by Gasteiger charge is -2.04. The summed E-state index contributed by atoms with van der Waals surface area (Å²) in [7, 11) is 1.55. The van der Waals surface area contributed by atoms with Gasteiger partial charge in [0, 0.05) is 6.42 Å². The number of carbonyl (C=O) groups excluding carboxylic acids is 2. The van der Waals surface area contributed by atoms with E-state index in [1.54, 1.807) is 38.3 Å². The Bertz CT molecular complexity index is 451. The molecule has 18 heavy (non-hydrogen) atoms. The number of hydrogen-bond donors (Lipinski definition) is 1. The third-order valence-corrected chi connectivity index (χ3v) is 2.28. The first-order valence-corrected chi connectivity index (χ1v) is 5.50. The van der Waals surface area contributed by atoms with Crippen molar-refractivity contribution in [1.29, 1.82) is 5.41 Å². The molecule has 0 radical (unpaired) electrons. The van der Waals surface area contributed by atoms with Crippen molar-refractivity contribution in [3.63, 3.8) is 0 Å². The van der Waals surface area contributed by atoms with Gasteiger partial charge < -0.3 is 9.47 Å². The van der Waals surface area contributed by atoms with Crippen LogP contribution in [0.3, 0.4) is 0 Å². The van der Waals surface area contributed by atoms with Gasteiger partial charge >= 0.3 is 5.97 Å². The van der Waals surface area contributed by atoms with Crippen molar-refractivity contribution < 1.29 is 19.1 Å². The van der Waals surface area contributed by atoms with E-state index in [-0.39, 0.29) is 13.0 Å². The largest absolute Gasteiger partial charge is 0.497 e. The Morgan fingerprint density at radius 3 is 2.33 bits per heavy atom.